The average Bonchev–Trinajstić information content (AvgIpc) is 2.71. The van der Waals surface area contributed by atoms with E-state index >= 15 is 0 Å². The highest BCUT2D eigenvalue weighted by atomic mass is 14.2. The molecule has 1 heteroatoms. The minimum Gasteiger partial charge on any atom is -0.198 e. The van der Waals surface area contributed by atoms with Crippen LogP contribution in [0.4, 0.5) is 0 Å². The van der Waals surface area contributed by atoms with Crippen molar-refractivity contribution in [2.45, 2.75) is 155 Å². The van der Waals surface area contributed by atoms with Crippen molar-refractivity contribution in [3.8, 4) is 6.07 Å². The highest BCUT2D eigenvalue weighted by Crippen LogP contribution is 2.14. The molecule has 1 nitrogen and oxygen atoms in total. The number of nitrogens with zero attached hydrogens (tertiary/aromatic N) is 1. The molecule has 0 atom stereocenters. The molecule has 0 aliphatic carbocycles. The highest BCUT2D eigenvalue weighted by molar-refractivity contribution is 4.82. The lowest BCUT2D eigenvalue weighted by atomic mass is 10.0. The zero-order chi connectivity index (χ0) is 20.4. The first kappa shape index (κ1) is 27.2. The molecule has 0 aliphatic heterocycles. The number of allylic oxidation sites excluding steroid dienone is 2. The molecule has 0 saturated carbocycles. The maximum atomic E-state index is 8.47. The minimum absolute atomic E-state index is 0.698. The van der Waals surface area contributed by atoms with Crippen LogP contribution in [0.25, 0.3) is 0 Å². The summed E-state index contributed by atoms with van der Waals surface area (Å²) in [6.07, 6.45) is 36.0. The Hall–Kier alpha value is -0.770. The molecule has 0 rings (SSSR count). The molecule has 0 radical (unpaired) electrons. The molecule has 0 aromatic heterocycles. The summed E-state index contributed by atoms with van der Waals surface area (Å²) in [4.78, 5) is 0. The maximum absolute atomic E-state index is 8.47. The fourth-order valence-corrected chi connectivity index (χ4v) is 3.88. The Kier molecular flexibility index (Phi) is 25.5. The SMILES string of the molecule is CCCCCCCCCCCCCCCCCCCCCC=CCCCC#N. The van der Waals surface area contributed by atoms with Crippen LogP contribution in [0, 0.1) is 11.3 Å². The van der Waals surface area contributed by atoms with Crippen LogP contribution in [0.1, 0.15) is 155 Å². The van der Waals surface area contributed by atoms with E-state index in [1.807, 2.05) is 0 Å². The lowest BCUT2D eigenvalue weighted by Gasteiger charge is -2.03. The van der Waals surface area contributed by atoms with E-state index in [-0.39, 0.29) is 0 Å². The van der Waals surface area contributed by atoms with Gasteiger partial charge in [0.2, 0.25) is 0 Å². The smallest absolute Gasteiger partial charge is 0.0621 e. The minimum atomic E-state index is 0.698. The number of hydrogen-bond acceptors (Lipinski definition) is 1. The second-order valence-corrected chi connectivity index (χ2v) is 8.67. The molecule has 0 aromatic rings. The molecule has 0 heterocycles. The van der Waals surface area contributed by atoms with Gasteiger partial charge in [-0.15, -0.1) is 0 Å². The van der Waals surface area contributed by atoms with Gasteiger partial charge in [-0.2, -0.15) is 5.26 Å². The molecule has 0 N–H and O–H groups in total. The fraction of sp³-hybridized carbons (Fsp3) is 0.889. The van der Waals surface area contributed by atoms with Crippen LogP contribution in [-0.4, -0.2) is 0 Å². The average molecular weight is 390 g/mol. The summed E-state index contributed by atoms with van der Waals surface area (Å²) in [5.41, 5.74) is 0. The van der Waals surface area contributed by atoms with Gasteiger partial charge < -0.3 is 0 Å². The van der Waals surface area contributed by atoms with E-state index in [1.54, 1.807) is 0 Å². The highest BCUT2D eigenvalue weighted by Gasteiger charge is 1.95. The van der Waals surface area contributed by atoms with Crippen LogP contribution in [-0.2, 0) is 0 Å². The normalized spacial score (nSPS) is 11.3. The quantitative estimate of drug-likeness (QED) is 0.126. The Labute approximate surface area is 178 Å². The second-order valence-electron chi connectivity index (χ2n) is 8.67. The molecule has 0 bridgehead atoms. The van der Waals surface area contributed by atoms with E-state index in [9.17, 15) is 0 Å². The molecular weight excluding hydrogens is 338 g/mol. The molecule has 0 aliphatic rings. The van der Waals surface area contributed by atoms with Gasteiger partial charge in [-0.1, -0.05) is 135 Å². The largest absolute Gasteiger partial charge is 0.198 e. The zero-order valence-electron chi connectivity index (χ0n) is 19.4. The Morgan fingerprint density at radius 2 is 0.786 bits per heavy atom. The van der Waals surface area contributed by atoms with E-state index in [0.29, 0.717) is 6.42 Å². The van der Waals surface area contributed by atoms with E-state index in [2.05, 4.69) is 25.1 Å². The van der Waals surface area contributed by atoms with Crippen molar-refractivity contribution < 1.29 is 0 Å². The Morgan fingerprint density at radius 3 is 1.14 bits per heavy atom. The molecule has 164 valence electrons. The molecule has 0 unspecified atom stereocenters. The van der Waals surface area contributed by atoms with Gasteiger partial charge >= 0.3 is 0 Å². The molecular formula is C27H51N. The van der Waals surface area contributed by atoms with Crippen molar-refractivity contribution in [1.29, 1.82) is 5.26 Å². The Bertz CT molecular complexity index is 339. The summed E-state index contributed by atoms with van der Waals surface area (Å²) in [6, 6.07) is 2.20. The van der Waals surface area contributed by atoms with E-state index in [4.69, 9.17) is 5.26 Å². The van der Waals surface area contributed by atoms with Gasteiger partial charge in [0, 0.05) is 6.42 Å². The number of rotatable bonds is 23. The third-order valence-corrected chi connectivity index (χ3v) is 5.80. The lowest BCUT2D eigenvalue weighted by molar-refractivity contribution is 0.523. The summed E-state index contributed by atoms with van der Waals surface area (Å²) in [7, 11) is 0. The molecule has 0 spiro atoms. The summed E-state index contributed by atoms with van der Waals surface area (Å²) in [5.74, 6) is 0. The predicted molar refractivity (Wildman–Crippen MR) is 127 cm³/mol. The van der Waals surface area contributed by atoms with Gasteiger partial charge in [0.15, 0.2) is 0 Å². The van der Waals surface area contributed by atoms with Crippen LogP contribution < -0.4 is 0 Å². The second kappa shape index (κ2) is 26.2. The van der Waals surface area contributed by atoms with Gasteiger partial charge in [0.1, 0.15) is 0 Å². The Balaban J connectivity index is 3.02. The zero-order valence-corrected chi connectivity index (χ0v) is 19.4. The first-order valence-corrected chi connectivity index (χ1v) is 12.9. The number of nitriles is 1. The third kappa shape index (κ3) is 25.2. The van der Waals surface area contributed by atoms with Crippen LogP contribution in [0.3, 0.4) is 0 Å². The van der Waals surface area contributed by atoms with Crippen LogP contribution in [0.2, 0.25) is 0 Å². The summed E-state index contributed by atoms with van der Waals surface area (Å²) >= 11 is 0. The molecule has 0 fully saturated rings. The van der Waals surface area contributed by atoms with Crippen molar-refractivity contribution in [1.82, 2.24) is 0 Å². The number of unbranched alkanes of at least 4 members (excludes halogenated alkanes) is 21. The van der Waals surface area contributed by atoms with E-state index in [1.165, 1.54) is 128 Å². The van der Waals surface area contributed by atoms with Gasteiger partial charge in [0.05, 0.1) is 6.07 Å². The van der Waals surface area contributed by atoms with Gasteiger partial charge in [0.25, 0.3) is 0 Å². The molecule has 28 heavy (non-hydrogen) atoms. The van der Waals surface area contributed by atoms with Crippen molar-refractivity contribution in [2.24, 2.45) is 0 Å². The lowest BCUT2D eigenvalue weighted by Crippen LogP contribution is -1.84. The predicted octanol–water partition coefficient (Wildman–Crippen LogP) is 10.1. The molecule has 0 aromatic carbocycles. The van der Waals surface area contributed by atoms with Gasteiger partial charge in [-0.05, 0) is 25.7 Å². The van der Waals surface area contributed by atoms with Crippen molar-refractivity contribution in [3.05, 3.63) is 12.2 Å². The summed E-state index contributed by atoms with van der Waals surface area (Å²) in [5, 5.41) is 8.47. The number of hydrogen-bond donors (Lipinski definition) is 0. The first-order chi connectivity index (χ1) is 13.9. The Morgan fingerprint density at radius 1 is 0.464 bits per heavy atom. The van der Waals surface area contributed by atoms with Crippen LogP contribution >= 0.6 is 0 Å². The standard InChI is InChI=1S/C27H51N/c1-2-3-4-5-6-7-8-9-10-11-12-13-14-15-16-17-18-19-20-21-22-23-24-25-26-27-28/h22-23H,2-21,24-26H2,1H3. The van der Waals surface area contributed by atoms with E-state index in [0.717, 1.165) is 12.8 Å². The summed E-state index contributed by atoms with van der Waals surface area (Å²) in [6.45, 7) is 2.30. The van der Waals surface area contributed by atoms with Crippen LogP contribution in [0.15, 0.2) is 12.2 Å². The molecule has 0 amide bonds. The summed E-state index contributed by atoms with van der Waals surface area (Å²) < 4.78 is 0. The van der Waals surface area contributed by atoms with Crippen molar-refractivity contribution in [2.75, 3.05) is 0 Å². The van der Waals surface area contributed by atoms with Crippen molar-refractivity contribution in [3.63, 3.8) is 0 Å². The topological polar surface area (TPSA) is 23.8 Å². The maximum Gasteiger partial charge on any atom is 0.0621 e. The van der Waals surface area contributed by atoms with Crippen LogP contribution in [0.5, 0.6) is 0 Å². The van der Waals surface area contributed by atoms with E-state index < -0.39 is 0 Å². The van der Waals surface area contributed by atoms with Gasteiger partial charge in [-0.3, -0.25) is 0 Å². The fourth-order valence-electron chi connectivity index (χ4n) is 3.88. The first-order valence-electron chi connectivity index (χ1n) is 12.9. The molecule has 0 saturated heterocycles. The monoisotopic (exact) mass is 389 g/mol. The van der Waals surface area contributed by atoms with Gasteiger partial charge in [-0.25, -0.2) is 0 Å². The third-order valence-electron chi connectivity index (χ3n) is 5.80. The van der Waals surface area contributed by atoms with Crippen molar-refractivity contribution >= 4 is 0 Å².